The lowest BCUT2D eigenvalue weighted by Gasteiger charge is -1.51. The number of carbonyl (C=O) groups excluding carboxylic acids is 1. The van der Waals surface area contributed by atoms with Gasteiger partial charge in [0.05, 0.1) is 0 Å². The lowest BCUT2D eigenvalue weighted by Crippen LogP contribution is -2.24. The second-order valence-corrected chi connectivity index (χ2v) is 0.753. The van der Waals surface area contributed by atoms with Crippen LogP contribution in [0.1, 0.15) is 0 Å². The third kappa shape index (κ3) is 0.291. The smallest absolute Gasteiger partial charge is 0.190 e. The van der Waals surface area contributed by atoms with Crippen LogP contribution in [-0.2, 0) is 0 Å². The zero-order valence-electron chi connectivity index (χ0n) is 2.80. The molecular formula is CH2N4O+2. The summed E-state index contributed by atoms with van der Waals surface area (Å²) < 4.78 is 0. The molecule has 2 radical (unpaired) electrons. The molecule has 1 aliphatic rings. The molecule has 5 nitrogen and oxygen atoms in total. The third-order valence-corrected chi connectivity index (χ3v) is 0.353. The van der Waals surface area contributed by atoms with Crippen molar-refractivity contribution in [3.63, 3.8) is 0 Å². The first kappa shape index (κ1) is 3.08. The van der Waals surface area contributed by atoms with Gasteiger partial charge in [-0.05, 0) is 0 Å². The van der Waals surface area contributed by atoms with Crippen LogP contribution in [0.25, 0.3) is 0 Å². The Labute approximate surface area is 33.4 Å². The van der Waals surface area contributed by atoms with Gasteiger partial charge in [-0.25, -0.2) is 0 Å². The monoisotopic (exact) mass is 86.0 g/mol. The standard InChI is InChI=1S/CH2N4O/c6-1-2-4-5-3-1/h(H2,2,3,6)/q+2. The van der Waals surface area contributed by atoms with Gasteiger partial charge in [0.15, 0.2) is 0 Å². The highest BCUT2D eigenvalue weighted by molar-refractivity contribution is 5.73. The van der Waals surface area contributed by atoms with E-state index >= 15 is 0 Å². The average Bonchev–Trinajstić information content (AvgIpc) is 1.86. The minimum atomic E-state index is -0.380. The minimum Gasteiger partial charge on any atom is -0.190 e. The van der Waals surface area contributed by atoms with Crippen molar-refractivity contribution in [1.82, 2.24) is 21.3 Å². The van der Waals surface area contributed by atoms with E-state index in [1.165, 1.54) is 0 Å². The molecule has 1 aliphatic heterocycles. The molecule has 30 valence electrons. The topological polar surface area (TPSA) is 69.3 Å². The van der Waals surface area contributed by atoms with Gasteiger partial charge in [0.2, 0.25) is 0 Å². The second kappa shape index (κ2) is 0.925. The summed E-state index contributed by atoms with van der Waals surface area (Å²) in [7, 11) is 0. The van der Waals surface area contributed by atoms with Gasteiger partial charge in [-0.15, -0.1) is 0 Å². The normalized spacial score (nSPS) is 17.0. The van der Waals surface area contributed by atoms with Crippen molar-refractivity contribution in [3.05, 3.63) is 0 Å². The summed E-state index contributed by atoms with van der Waals surface area (Å²) in [5.41, 5.74) is 4.06. The summed E-state index contributed by atoms with van der Waals surface area (Å²) >= 11 is 0. The number of hydrogen-bond acceptors (Lipinski definition) is 3. The fraction of sp³-hybridized carbons (Fsp3) is 0. The molecule has 0 spiro atoms. The Balaban J connectivity index is 2.52. The Kier molecular flexibility index (Phi) is 0.474. The first-order chi connectivity index (χ1) is 2.89. The van der Waals surface area contributed by atoms with Gasteiger partial charge in [0.1, 0.15) is 0 Å². The van der Waals surface area contributed by atoms with E-state index in [9.17, 15) is 4.79 Å². The Hall–Kier alpha value is -1.13. The summed E-state index contributed by atoms with van der Waals surface area (Å²) in [6.07, 6.45) is 0. The molecule has 0 fully saturated rings. The van der Waals surface area contributed by atoms with Crippen LogP contribution >= 0.6 is 0 Å². The Morgan fingerprint density at radius 1 is 1.33 bits per heavy atom. The lowest BCUT2D eigenvalue weighted by atomic mass is 11.1. The zero-order chi connectivity index (χ0) is 4.41. The van der Waals surface area contributed by atoms with Gasteiger partial charge in [-0.3, -0.25) is 0 Å². The highest BCUT2D eigenvalue weighted by Crippen LogP contribution is 1.54. The van der Waals surface area contributed by atoms with Gasteiger partial charge in [-0.2, -0.15) is 4.79 Å². The molecule has 2 amide bonds. The molecule has 0 saturated carbocycles. The molecule has 0 saturated heterocycles. The summed E-state index contributed by atoms with van der Waals surface area (Å²) in [5, 5.41) is 6.16. The van der Waals surface area contributed by atoms with Crippen LogP contribution in [0.5, 0.6) is 0 Å². The molecule has 0 aromatic carbocycles. The fourth-order valence-corrected chi connectivity index (χ4v) is 0.166. The number of urea groups is 1. The Bertz CT molecular complexity index is 85.7. The van der Waals surface area contributed by atoms with E-state index in [-0.39, 0.29) is 6.03 Å². The molecule has 1 heterocycles. The van der Waals surface area contributed by atoms with E-state index in [0.717, 1.165) is 0 Å². The van der Waals surface area contributed by atoms with E-state index in [4.69, 9.17) is 0 Å². The molecule has 2 N–H and O–H groups in total. The van der Waals surface area contributed by atoms with Crippen molar-refractivity contribution in [2.24, 2.45) is 0 Å². The van der Waals surface area contributed by atoms with Crippen LogP contribution in [0.15, 0.2) is 0 Å². The predicted molar refractivity (Wildman–Crippen MR) is 15.9 cm³/mol. The van der Waals surface area contributed by atoms with Gasteiger partial charge >= 0.3 is 16.5 Å². The summed E-state index contributed by atoms with van der Waals surface area (Å²) in [4.78, 5) is 9.83. The summed E-state index contributed by atoms with van der Waals surface area (Å²) in [6.45, 7) is 0. The molecule has 0 atom stereocenters. The molecule has 5 heteroatoms. The van der Waals surface area contributed by atoms with E-state index in [0.29, 0.717) is 0 Å². The molecule has 0 bridgehead atoms. The van der Waals surface area contributed by atoms with Crippen LogP contribution in [0.4, 0.5) is 4.79 Å². The van der Waals surface area contributed by atoms with Crippen molar-refractivity contribution in [3.8, 4) is 0 Å². The molecule has 0 aromatic rings. The van der Waals surface area contributed by atoms with Crippen molar-refractivity contribution < 1.29 is 4.79 Å². The van der Waals surface area contributed by atoms with Crippen LogP contribution in [0, 0.1) is 0 Å². The van der Waals surface area contributed by atoms with Crippen molar-refractivity contribution in [1.29, 1.82) is 0 Å². The maximum atomic E-state index is 9.83. The average molecular weight is 86.1 g/mol. The summed E-state index contributed by atoms with van der Waals surface area (Å²) in [6, 6.07) is -0.380. The van der Waals surface area contributed by atoms with Gasteiger partial charge in [-0.1, -0.05) is 0 Å². The minimum absolute atomic E-state index is 0.380. The molecule has 6 heavy (non-hydrogen) atoms. The molecular weight excluding hydrogens is 84.0 g/mol. The largest absolute Gasteiger partial charge is 0.580 e. The van der Waals surface area contributed by atoms with Crippen molar-refractivity contribution in [2.45, 2.75) is 0 Å². The number of amides is 2. The predicted octanol–water partition coefficient (Wildman–Crippen LogP) is -1.75. The van der Waals surface area contributed by atoms with Gasteiger partial charge < -0.3 is 0 Å². The van der Waals surface area contributed by atoms with E-state index in [1.54, 1.807) is 0 Å². The third-order valence-electron chi connectivity index (χ3n) is 0.353. The first-order valence-electron chi connectivity index (χ1n) is 1.35. The quantitative estimate of drug-likeness (QED) is 0.360. The highest BCUT2D eigenvalue weighted by Gasteiger charge is 2.26. The summed E-state index contributed by atoms with van der Waals surface area (Å²) in [5.74, 6) is 0. The molecule has 1 rings (SSSR count). The molecule has 0 unspecified atom stereocenters. The van der Waals surface area contributed by atoms with Crippen LogP contribution in [-0.4, -0.2) is 6.03 Å². The highest BCUT2D eigenvalue weighted by atomic mass is 16.2. The SMILES string of the molecule is O=C1N[N+]=[N+]N1. The molecule has 0 aromatic heterocycles. The van der Waals surface area contributed by atoms with Crippen LogP contribution in [0.3, 0.4) is 0 Å². The number of carbonyl (C=O) groups is 1. The lowest BCUT2D eigenvalue weighted by molar-refractivity contribution is 0.245. The Morgan fingerprint density at radius 2 is 1.83 bits per heavy atom. The van der Waals surface area contributed by atoms with E-state index in [1.807, 2.05) is 10.9 Å². The van der Waals surface area contributed by atoms with E-state index < -0.39 is 0 Å². The first-order valence-corrected chi connectivity index (χ1v) is 1.35. The van der Waals surface area contributed by atoms with E-state index in [2.05, 4.69) is 10.4 Å². The van der Waals surface area contributed by atoms with Crippen LogP contribution < -0.4 is 21.3 Å². The second-order valence-electron chi connectivity index (χ2n) is 0.753. The number of nitrogens with zero attached hydrogens (tertiary/aromatic N) is 2. The number of nitrogens with one attached hydrogen (secondary N) is 2. The van der Waals surface area contributed by atoms with Gasteiger partial charge in [0.25, 0.3) is 0 Å². The maximum Gasteiger partial charge on any atom is 0.580 e. The fourth-order valence-electron chi connectivity index (χ4n) is 0.166. The zero-order valence-corrected chi connectivity index (χ0v) is 2.80. The van der Waals surface area contributed by atoms with Crippen LogP contribution in [0.2, 0.25) is 0 Å². The van der Waals surface area contributed by atoms with Crippen molar-refractivity contribution in [2.75, 3.05) is 0 Å². The Morgan fingerprint density at radius 3 is 2.00 bits per heavy atom. The van der Waals surface area contributed by atoms with Crippen molar-refractivity contribution >= 4 is 6.03 Å². The number of hydrogen-bond donors (Lipinski definition) is 2. The van der Waals surface area contributed by atoms with Gasteiger partial charge in [0, 0.05) is 10.9 Å². The number of rotatable bonds is 0. The molecule has 0 aliphatic carbocycles. The maximum absolute atomic E-state index is 9.83.